The molecule has 0 bridgehead atoms. The third kappa shape index (κ3) is 5.99. The molecule has 0 aromatic heterocycles. The zero-order valence-electron chi connectivity index (χ0n) is 17.5. The lowest BCUT2D eigenvalue weighted by molar-refractivity contribution is 0.0954. The number of hydrogen-bond acceptors (Lipinski definition) is 5. The lowest BCUT2D eigenvalue weighted by Crippen LogP contribution is -2.17. The van der Waals surface area contributed by atoms with Crippen molar-refractivity contribution in [3.05, 3.63) is 87.9 Å². The van der Waals surface area contributed by atoms with E-state index in [9.17, 15) is 4.79 Å². The van der Waals surface area contributed by atoms with Gasteiger partial charge in [-0.3, -0.25) is 4.79 Å². The van der Waals surface area contributed by atoms with E-state index in [1.54, 1.807) is 30.3 Å². The number of carbonyl (C=O) groups is 1. The maximum absolute atomic E-state index is 12.3. The molecule has 0 saturated heterocycles. The third-order valence-corrected chi connectivity index (χ3v) is 4.79. The van der Waals surface area contributed by atoms with Crippen molar-refractivity contribution in [2.45, 2.75) is 13.5 Å². The first kappa shape index (κ1) is 22.2. The Balaban J connectivity index is 1.59. The quantitative estimate of drug-likeness (QED) is 0.396. The fourth-order valence-corrected chi connectivity index (χ4v) is 3.01. The van der Waals surface area contributed by atoms with Crippen LogP contribution in [0.4, 0.5) is 0 Å². The zero-order chi connectivity index (χ0) is 22.2. The summed E-state index contributed by atoms with van der Waals surface area (Å²) in [6, 6.07) is 18.3. The molecule has 3 aromatic carbocycles. The van der Waals surface area contributed by atoms with Gasteiger partial charge in [0.1, 0.15) is 12.4 Å². The van der Waals surface area contributed by atoms with Gasteiger partial charge in [-0.2, -0.15) is 5.10 Å². The van der Waals surface area contributed by atoms with Crippen LogP contribution in [-0.2, 0) is 6.61 Å². The first-order valence-corrected chi connectivity index (χ1v) is 9.91. The highest BCUT2D eigenvalue weighted by Gasteiger charge is 2.10. The van der Waals surface area contributed by atoms with E-state index in [1.807, 2.05) is 37.3 Å². The van der Waals surface area contributed by atoms with Crippen molar-refractivity contribution in [1.82, 2.24) is 5.43 Å². The number of nitrogens with zero attached hydrogens (tertiary/aromatic N) is 1. The van der Waals surface area contributed by atoms with Gasteiger partial charge < -0.3 is 14.2 Å². The summed E-state index contributed by atoms with van der Waals surface area (Å²) in [4.78, 5) is 12.3. The van der Waals surface area contributed by atoms with Gasteiger partial charge in [-0.15, -0.1) is 0 Å². The maximum Gasteiger partial charge on any atom is 0.271 e. The molecular weight excluding hydrogens is 416 g/mol. The first-order chi connectivity index (χ1) is 15.0. The van der Waals surface area contributed by atoms with Gasteiger partial charge in [0.2, 0.25) is 0 Å². The Labute approximate surface area is 186 Å². The Morgan fingerprint density at radius 2 is 1.68 bits per heavy atom. The third-order valence-electron chi connectivity index (χ3n) is 4.50. The minimum atomic E-state index is -0.374. The molecule has 160 valence electrons. The fourth-order valence-electron chi connectivity index (χ4n) is 2.77. The van der Waals surface area contributed by atoms with Crippen LogP contribution in [0.3, 0.4) is 0 Å². The highest BCUT2D eigenvalue weighted by Crippen LogP contribution is 2.28. The van der Waals surface area contributed by atoms with Crippen molar-refractivity contribution in [3.8, 4) is 17.2 Å². The topological polar surface area (TPSA) is 69.2 Å². The predicted molar refractivity (Wildman–Crippen MR) is 122 cm³/mol. The van der Waals surface area contributed by atoms with E-state index >= 15 is 0 Å². The lowest BCUT2D eigenvalue weighted by Gasteiger charge is -2.09. The molecule has 0 heterocycles. The molecule has 0 aliphatic rings. The molecule has 0 unspecified atom stereocenters. The number of hydrogen-bond donors (Lipinski definition) is 1. The number of aryl methyl sites for hydroxylation is 1. The minimum absolute atomic E-state index is 0.374. The van der Waals surface area contributed by atoms with Crippen molar-refractivity contribution < 1.29 is 19.0 Å². The second-order valence-electron chi connectivity index (χ2n) is 6.73. The molecule has 0 aliphatic carbocycles. The Hall–Kier alpha value is -3.51. The average Bonchev–Trinajstić information content (AvgIpc) is 2.79. The van der Waals surface area contributed by atoms with E-state index < -0.39 is 0 Å². The Morgan fingerprint density at radius 1 is 0.968 bits per heavy atom. The number of benzene rings is 3. The number of methoxy groups -OCH3 is 2. The SMILES string of the molecule is COc1ccc(C(=O)N/N=C/c2ccc(OCc3ccc(C)cc3)c(Cl)c2)cc1OC. The van der Waals surface area contributed by atoms with E-state index in [4.69, 9.17) is 25.8 Å². The Bertz CT molecular complexity index is 1080. The highest BCUT2D eigenvalue weighted by atomic mass is 35.5. The van der Waals surface area contributed by atoms with Crippen LogP contribution in [0.1, 0.15) is 27.0 Å². The number of amides is 1. The van der Waals surface area contributed by atoms with Crippen molar-refractivity contribution >= 4 is 23.7 Å². The van der Waals surface area contributed by atoms with Gasteiger partial charge in [0.15, 0.2) is 11.5 Å². The van der Waals surface area contributed by atoms with Crippen molar-refractivity contribution in [1.29, 1.82) is 0 Å². The molecule has 7 heteroatoms. The van der Waals surface area contributed by atoms with Crippen LogP contribution >= 0.6 is 11.6 Å². The molecule has 0 atom stereocenters. The molecule has 6 nitrogen and oxygen atoms in total. The van der Waals surface area contributed by atoms with E-state index in [2.05, 4.69) is 10.5 Å². The second-order valence-corrected chi connectivity index (χ2v) is 7.14. The molecule has 1 amide bonds. The van der Waals surface area contributed by atoms with Crippen LogP contribution in [0.5, 0.6) is 17.2 Å². The van der Waals surface area contributed by atoms with Crippen LogP contribution in [-0.4, -0.2) is 26.3 Å². The van der Waals surface area contributed by atoms with Crippen LogP contribution in [0, 0.1) is 6.92 Å². The molecule has 31 heavy (non-hydrogen) atoms. The van der Waals surface area contributed by atoms with Gasteiger partial charge in [0.05, 0.1) is 25.5 Å². The molecule has 0 aliphatic heterocycles. The van der Waals surface area contributed by atoms with E-state index in [1.165, 1.54) is 26.0 Å². The molecule has 0 fully saturated rings. The first-order valence-electron chi connectivity index (χ1n) is 9.53. The second kappa shape index (κ2) is 10.5. The summed E-state index contributed by atoms with van der Waals surface area (Å²) in [5.74, 6) is 1.21. The molecule has 0 radical (unpaired) electrons. The van der Waals surface area contributed by atoms with Gasteiger partial charge in [0, 0.05) is 5.56 Å². The van der Waals surface area contributed by atoms with E-state index in [0.717, 1.165) is 11.1 Å². The predicted octanol–water partition coefficient (Wildman–Crippen LogP) is 5.01. The van der Waals surface area contributed by atoms with E-state index in [-0.39, 0.29) is 5.91 Å². The van der Waals surface area contributed by atoms with Crippen LogP contribution in [0.15, 0.2) is 65.8 Å². The molecule has 0 saturated carbocycles. The van der Waals surface area contributed by atoms with Crippen molar-refractivity contribution in [2.24, 2.45) is 5.10 Å². The highest BCUT2D eigenvalue weighted by molar-refractivity contribution is 6.32. The Morgan fingerprint density at radius 3 is 2.35 bits per heavy atom. The maximum atomic E-state index is 12.3. The van der Waals surface area contributed by atoms with Crippen LogP contribution < -0.4 is 19.6 Å². The van der Waals surface area contributed by atoms with Gasteiger partial charge in [-0.1, -0.05) is 41.4 Å². The number of rotatable bonds is 8. The number of nitrogens with one attached hydrogen (secondary N) is 1. The standard InChI is InChI=1S/C24H23ClN2O4/c1-16-4-6-17(7-5-16)15-31-21-10-8-18(12-20(21)25)14-26-27-24(28)19-9-11-22(29-2)23(13-19)30-3/h4-14H,15H2,1-3H3,(H,27,28)/b26-14+. The van der Waals surface area contributed by atoms with E-state index in [0.29, 0.717) is 34.4 Å². The van der Waals surface area contributed by atoms with Crippen LogP contribution in [0.2, 0.25) is 5.02 Å². The van der Waals surface area contributed by atoms with Gasteiger partial charge in [0.25, 0.3) is 5.91 Å². The monoisotopic (exact) mass is 438 g/mol. The molecular formula is C24H23ClN2O4. The van der Waals surface area contributed by atoms with Crippen molar-refractivity contribution in [2.75, 3.05) is 14.2 Å². The molecule has 3 rings (SSSR count). The summed E-state index contributed by atoms with van der Waals surface area (Å²) in [6.45, 7) is 2.47. The van der Waals surface area contributed by atoms with Crippen LogP contribution in [0.25, 0.3) is 0 Å². The molecule has 1 N–H and O–H groups in total. The largest absolute Gasteiger partial charge is 0.493 e. The smallest absolute Gasteiger partial charge is 0.271 e. The summed E-state index contributed by atoms with van der Waals surface area (Å²) >= 11 is 6.32. The summed E-state index contributed by atoms with van der Waals surface area (Å²) in [5, 5.41) is 4.45. The molecule has 3 aromatic rings. The number of hydrazone groups is 1. The summed E-state index contributed by atoms with van der Waals surface area (Å²) < 4.78 is 16.2. The number of carbonyl (C=O) groups excluding carboxylic acids is 1. The van der Waals surface area contributed by atoms with Gasteiger partial charge in [-0.05, 0) is 54.4 Å². The summed E-state index contributed by atoms with van der Waals surface area (Å²) in [6.07, 6.45) is 1.51. The number of halogens is 1. The molecule has 0 spiro atoms. The van der Waals surface area contributed by atoms with Gasteiger partial charge >= 0.3 is 0 Å². The average molecular weight is 439 g/mol. The van der Waals surface area contributed by atoms with Gasteiger partial charge in [-0.25, -0.2) is 5.43 Å². The zero-order valence-corrected chi connectivity index (χ0v) is 18.3. The lowest BCUT2D eigenvalue weighted by atomic mass is 10.2. The normalized spacial score (nSPS) is 10.7. The fraction of sp³-hybridized carbons (Fsp3) is 0.167. The minimum Gasteiger partial charge on any atom is -0.493 e. The van der Waals surface area contributed by atoms with Crippen molar-refractivity contribution in [3.63, 3.8) is 0 Å². The summed E-state index contributed by atoms with van der Waals surface area (Å²) in [7, 11) is 3.04. The summed E-state index contributed by atoms with van der Waals surface area (Å²) in [5.41, 5.74) is 5.86. The Kier molecular flexibility index (Phi) is 7.51. The number of ether oxygens (including phenoxy) is 3.